The number of carbonyl (C=O) groups is 1. The highest BCUT2D eigenvalue weighted by Gasteiger charge is 2.09. The van der Waals surface area contributed by atoms with Gasteiger partial charge in [-0.2, -0.15) is 0 Å². The maximum atomic E-state index is 12.2. The molecule has 1 aromatic carbocycles. The number of nitrogens with zero attached hydrogens (tertiary/aromatic N) is 2. The van der Waals surface area contributed by atoms with E-state index in [1.165, 1.54) is 0 Å². The second-order valence-electron chi connectivity index (χ2n) is 5.64. The topological polar surface area (TPSA) is 45.2 Å². The zero-order valence-electron chi connectivity index (χ0n) is 13.9. The molecule has 0 aliphatic heterocycles. The summed E-state index contributed by atoms with van der Waals surface area (Å²) >= 11 is 3.32. The van der Waals surface area contributed by atoms with Gasteiger partial charge in [-0.1, -0.05) is 0 Å². The van der Waals surface area contributed by atoms with E-state index >= 15 is 0 Å². The first kappa shape index (κ1) is 16.7. The van der Waals surface area contributed by atoms with E-state index in [0.717, 1.165) is 26.1 Å². The number of rotatable bonds is 5. The molecule has 0 fully saturated rings. The number of hydrogen-bond acceptors (Lipinski definition) is 5. The van der Waals surface area contributed by atoms with Crippen LogP contribution in [0.2, 0.25) is 0 Å². The van der Waals surface area contributed by atoms with Crippen molar-refractivity contribution < 1.29 is 4.79 Å². The molecule has 124 valence electrons. The fourth-order valence-electron chi connectivity index (χ4n) is 2.27. The first-order valence-corrected chi connectivity index (χ1v) is 9.29. The highest BCUT2D eigenvalue weighted by Crippen LogP contribution is 2.28. The van der Waals surface area contributed by atoms with Crippen LogP contribution in [0.25, 0.3) is 10.6 Å². The minimum absolute atomic E-state index is 0.0558. The third-order valence-electron chi connectivity index (χ3n) is 3.60. The highest BCUT2D eigenvalue weighted by atomic mass is 32.1. The number of thiophene rings is 1. The molecule has 3 rings (SSSR count). The van der Waals surface area contributed by atoms with Gasteiger partial charge in [-0.05, 0) is 43.3 Å². The number of carbonyl (C=O) groups excluding carboxylic acids is 1. The lowest BCUT2D eigenvalue weighted by Gasteiger charge is -2.12. The second kappa shape index (κ2) is 7.15. The van der Waals surface area contributed by atoms with Gasteiger partial charge in [-0.3, -0.25) is 4.79 Å². The van der Waals surface area contributed by atoms with Gasteiger partial charge in [-0.25, -0.2) is 4.98 Å². The molecule has 0 aliphatic carbocycles. The fraction of sp³-hybridized carbons (Fsp3) is 0.222. The van der Waals surface area contributed by atoms with Crippen molar-refractivity contribution in [1.29, 1.82) is 0 Å². The van der Waals surface area contributed by atoms with Crippen LogP contribution in [0.15, 0.2) is 41.8 Å². The molecule has 0 radical (unpaired) electrons. The molecule has 0 bridgehead atoms. The molecule has 0 saturated heterocycles. The third-order valence-corrected chi connectivity index (χ3v) is 5.48. The number of nitrogens with one attached hydrogen (secondary N) is 1. The summed E-state index contributed by atoms with van der Waals surface area (Å²) in [6, 6.07) is 11.7. The molecule has 0 aliphatic rings. The maximum Gasteiger partial charge on any atom is 0.251 e. The number of thiazole rings is 1. The molecule has 1 N–H and O–H groups in total. The SMILES string of the molecule is Cc1nc(-c2ccc(CNC(=O)c3ccc(N(C)C)cc3)s2)cs1. The minimum atomic E-state index is -0.0558. The van der Waals surface area contributed by atoms with Crippen LogP contribution in [-0.2, 0) is 6.54 Å². The smallest absolute Gasteiger partial charge is 0.251 e. The van der Waals surface area contributed by atoms with Crippen LogP contribution in [0.1, 0.15) is 20.2 Å². The van der Waals surface area contributed by atoms with Crippen LogP contribution in [0.3, 0.4) is 0 Å². The molecule has 3 aromatic rings. The first-order valence-electron chi connectivity index (χ1n) is 7.60. The Morgan fingerprint density at radius 3 is 2.54 bits per heavy atom. The molecule has 6 heteroatoms. The first-order chi connectivity index (χ1) is 11.5. The summed E-state index contributed by atoms with van der Waals surface area (Å²) in [5.74, 6) is -0.0558. The number of hydrogen-bond donors (Lipinski definition) is 1. The number of anilines is 1. The fourth-order valence-corrected chi connectivity index (χ4v) is 3.86. The Morgan fingerprint density at radius 2 is 1.92 bits per heavy atom. The van der Waals surface area contributed by atoms with E-state index in [2.05, 4.69) is 21.7 Å². The molecule has 0 spiro atoms. The number of aromatic nitrogens is 1. The maximum absolute atomic E-state index is 12.2. The molecular weight excluding hydrogens is 338 g/mol. The van der Waals surface area contributed by atoms with Crippen LogP contribution < -0.4 is 10.2 Å². The van der Waals surface area contributed by atoms with E-state index in [9.17, 15) is 4.79 Å². The summed E-state index contributed by atoms with van der Waals surface area (Å²) in [6.45, 7) is 2.53. The second-order valence-corrected chi connectivity index (χ2v) is 7.87. The average molecular weight is 358 g/mol. The third kappa shape index (κ3) is 3.83. The summed E-state index contributed by atoms with van der Waals surface area (Å²) in [5, 5.41) is 6.10. The van der Waals surface area contributed by atoms with Gasteiger partial charge in [0.15, 0.2) is 0 Å². The van der Waals surface area contributed by atoms with Gasteiger partial charge in [0.1, 0.15) is 0 Å². The Bertz CT molecular complexity index is 834. The van der Waals surface area contributed by atoms with Gasteiger partial charge in [0.25, 0.3) is 5.91 Å². The van der Waals surface area contributed by atoms with Crippen LogP contribution >= 0.6 is 22.7 Å². The van der Waals surface area contributed by atoms with Gasteiger partial charge in [-0.15, -0.1) is 22.7 Å². The van der Waals surface area contributed by atoms with Gasteiger partial charge in [0.05, 0.1) is 22.1 Å². The Morgan fingerprint density at radius 1 is 1.17 bits per heavy atom. The van der Waals surface area contributed by atoms with Crippen molar-refractivity contribution in [1.82, 2.24) is 10.3 Å². The largest absolute Gasteiger partial charge is 0.378 e. The molecule has 1 amide bonds. The van der Waals surface area contributed by atoms with Crippen molar-refractivity contribution >= 4 is 34.3 Å². The Balaban J connectivity index is 1.61. The molecule has 2 aromatic heterocycles. The van der Waals surface area contributed by atoms with E-state index < -0.39 is 0 Å². The Labute approximate surface area is 149 Å². The van der Waals surface area contributed by atoms with Gasteiger partial charge >= 0.3 is 0 Å². The minimum Gasteiger partial charge on any atom is -0.378 e. The molecule has 0 saturated carbocycles. The molecular formula is C18H19N3OS2. The molecule has 2 heterocycles. The quantitative estimate of drug-likeness (QED) is 0.745. The van der Waals surface area contributed by atoms with Crippen molar-refractivity contribution in [3.05, 3.63) is 57.2 Å². The van der Waals surface area contributed by atoms with Crippen LogP contribution in [-0.4, -0.2) is 25.0 Å². The molecule has 0 unspecified atom stereocenters. The molecule has 4 nitrogen and oxygen atoms in total. The number of benzene rings is 1. The van der Waals surface area contributed by atoms with Crippen LogP contribution in [0.5, 0.6) is 0 Å². The lowest BCUT2D eigenvalue weighted by molar-refractivity contribution is 0.0951. The lowest BCUT2D eigenvalue weighted by Crippen LogP contribution is -2.22. The van der Waals surface area contributed by atoms with Crippen molar-refractivity contribution in [2.24, 2.45) is 0 Å². The van der Waals surface area contributed by atoms with Crippen molar-refractivity contribution in [3.8, 4) is 10.6 Å². The van der Waals surface area contributed by atoms with Crippen molar-refractivity contribution in [3.63, 3.8) is 0 Å². The van der Waals surface area contributed by atoms with E-state index in [0.29, 0.717) is 12.1 Å². The van der Waals surface area contributed by atoms with Crippen molar-refractivity contribution in [2.45, 2.75) is 13.5 Å². The zero-order valence-corrected chi connectivity index (χ0v) is 15.5. The highest BCUT2D eigenvalue weighted by molar-refractivity contribution is 7.16. The van der Waals surface area contributed by atoms with Crippen LogP contribution in [0, 0.1) is 6.92 Å². The van der Waals surface area contributed by atoms with E-state index in [1.54, 1.807) is 22.7 Å². The van der Waals surface area contributed by atoms with E-state index in [4.69, 9.17) is 0 Å². The Kier molecular flexibility index (Phi) is 4.97. The van der Waals surface area contributed by atoms with Gasteiger partial charge < -0.3 is 10.2 Å². The summed E-state index contributed by atoms with van der Waals surface area (Å²) in [4.78, 5) is 21.0. The lowest BCUT2D eigenvalue weighted by atomic mass is 10.2. The summed E-state index contributed by atoms with van der Waals surface area (Å²) < 4.78 is 0. The standard InChI is InChI=1S/C18H19N3OS2/c1-12-20-16(11-23-12)17-9-8-15(24-17)10-19-18(22)13-4-6-14(7-5-13)21(2)3/h4-9,11H,10H2,1-3H3,(H,19,22). The zero-order chi connectivity index (χ0) is 17.1. The van der Waals surface area contributed by atoms with Crippen LogP contribution in [0.4, 0.5) is 5.69 Å². The summed E-state index contributed by atoms with van der Waals surface area (Å²) in [5.41, 5.74) is 2.76. The van der Waals surface area contributed by atoms with Gasteiger partial charge in [0, 0.05) is 35.6 Å². The normalized spacial score (nSPS) is 10.6. The average Bonchev–Trinajstić information content (AvgIpc) is 3.21. The summed E-state index contributed by atoms with van der Waals surface area (Å²) in [7, 11) is 3.96. The number of amides is 1. The van der Waals surface area contributed by atoms with Gasteiger partial charge in [0.2, 0.25) is 0 Å². The van der Waals surface area contributed by atoms with E-state index in [-0.39, 0.29) is 5.91 Å². The Hall–Kier alpha value is -2.18. The van der Waals surface area contributed by atoms with E-state index in [1.807, 2.05) is 56.3 Å². The molecule has 24 heavy (non-hydrogen) atoms. The summed E-state index contributed by atoms with van der Waals surface area (Å²) in [6.07, 6.45) is 0. The monoisotopic (exact) mass is 357 g/mol. The molecule has 0 atom stereocenters. The predicted octanol–water partition coefficient (Wildman–Crippen LogP) is 4.18. The van der Waals surface area contributed by atoms with Crippen molar-refractivity contribution in [2.75, 3.05) is 19.0 Å². The number of aryl methyl sites for hydroxylation is 1. The predicted molar refractivity (Wildman–Crippen MR) is 102 cm³/mol.